The fraction of sp³-hybridized carbons (Fsp3) is 1.00. The van der Waals surface area contributed by atoms with Gasteiger partial charge in [-0.25, -0.2) is 0 Å². The van der Waals surface area contributed by atoms with Crippen molar-refractivity contribution in [2.75, 3.05) is 6.61 Å². The van der Waals surface area contributed by atoms with Gasteiger partial charge in [-0.15, -0.1) is 0 Å². The molecule has 1 rings (SSSR count). The Balaban J connectivity index is 2.12. The van der Waals surface area contributed by atoms with Gasteiger partial charge >= 0.3 is 0 Å². The van der Waals surface area contributed by atoms with Crippen LogP contribution in [0.2, 0.25) is 0 Å². The van der Waals surface area contributed by atoms with E-state index in [0.717, 1.165) is 12.5 Å². The summed E-state index contributed by atoms with van der Waals surface area (Å²) in [4.78, 5) is 5.17. The van der Waals surface area contributed by atoms with Crippen molar-refractivity contribution in [3.05, 3.63) is 0 Å². The molecule has 2 unspecified atom stereocenters. The van der Waals surface area contributed by atoms with E-state index in [9.17, 15) is 0 Å². The molecule has 2 heteroatoms. The van der Waals surface area contributed by atoms with Crippen LogP contribution in [-0.4, -0.2) is 12.6 Å². The summed E-state index contributed by atoms with van der Waals surface area (Å²) in [5, 5.41) is 0. The molecule has 0 aromatic carbocycles. The quantitative estimate of drug-likeness (QED) is 0.633. The second-order valence-corrected chi connectivity index (χ2v) is 3.52. The van der Waals surface area contributed by atoms with E-state index in [4.69, 9.17) is 4.84 Å². The average molecular weight is 157 g/mol. The lowest BCUT2D eigenvalue weighted by molar-refractivity contribution is 0.0100. The Morgan fingerprint density at radius 3 is 2.91 bits per heavy atom. The molecular weight excluding hydrogens is 138 g/mol. The van der Waals surface area contributed by atoms with Crippen molar-refractivity contribution in [2.45, 2.75) is 45.6 Å². The van der Waals surface area contributed by atoms with Crippen LogP contribution in [0.3, 0.4) is 0 Å². The largest absolute Gasteiger partial charge is 0.302 e. The van der Waals surface area contributed by atoms with E-state index in [1.165, 1.54) is 25.7 Å². The van der Waals surface area contributed by atoms with Gasteiger partial charge in [-0.05, 0) is 25.7 Å². The summed E-state index contributed by atoms with van der Waals surface area (Å²) < 4.78 is 0. The number of hydrogen-bond acceptors (Lipinski definition) is 2. The van der Waals surface area contributed by atoms with Crippen LogP contribution in [0.15, 0.2) is 0 Å². The zero-order chi connectivity index (χ0) is 8.10. The lowest BCUT2D eigenvalue weighted by atomic mass is 9.87. The zero-order valence-electron chi connectivity index (χ0n) is 7.60. The van der Waals surface area contributed by atoms with Crippen molar-refractivity contribution in [1.29, 1.82) is 0 Å². The van der Waals surface area contributed by atoms with Gasteiger partial charge in [0.15, 0.2) is 0 Å². The minimum absolute atomic E-state index is 0.610. The van der Waals surface area contributed by atoms with Crippen molar-refractivity contribution in [1.82, 2.24) is 5.48 Å². The third kappa shape index (κ3) is 3.21. The molecular formula is C9H19NO. The first kappa shape index (κ1) is 9.01. The van der Waals surface area contributed by atoms with Gasteiger partial charge in [-0.1, -0.05) is 19.8 Å². The number of rotatable bonds is 3. The molecule has 0 spiro atoms. The van der Waals surface area contributed by atoms with E-state index in [0.29, 0.717) is 6.04 Å². The van der Waals surface area contributed by atoms with E-state index in [1.54, 1.807) is 0 Å². The highest BCUT2D eigenvalue weighted by molar-refractivity contribution is 4.72. The molecule has 1 aliphatic rings. The summed E-state index contributed by atoms with van der Waals surface area (Å²) in [5.41, 5.74) is 3.10. The molecule has 1 aliphatic carbocycles. The first-order valence-electron chi connectivity index (χ1n) is 4.70. The molecule has 0 aliphatic heterocycles. The molecule has 0 amide bonds. The van der Waals surface area contributed by atoms with Crippen molar-refractivity contribution < 1.29 is 4.84 Å². The summed E-state index contributed by atoms with van der Waals surface area (Å²) >= 11 is 0. The van der Waals surface area contributed by atoms with Crippen LogP contribution in [0.25, 0.3) is 0 Å². The van der Waals surface area contributed by atoms with Crippen LogP contribution in [0.5, 0.6) is 0 Å². The third-order valence-electron chi connectivity index (χ3n) is 2.33. The number of nitrogens with one attached hydrogen (secondary N) is 1. The minimum Gasteiger partial charge on any atom is -0.302 e. The Bertz CT molecular complexity index is 106. The van der Waals surface area contributed by atoms with Gasteiger partial charge in [0.25, 0.3) is 0 Å². The molecule has 66 valence electrons. The molecule has 1 N–H and O–H groups in total. The van der Waals surface area contributed by atoms with E-state index < -0.39 is 0 Å². The SMILES string of the molecule is CCONC1CCCC(C)C1. The second-order valence-electron chi connectivity index (χ2n) is 3.52. The summed E-state index contributed by atoms with van der Waals surface area (Å²) in [5.74, 6) is 0.877. The van der Waals surface area contributed by atoms with Crippen LogP contribution in [0.1, 0.15) is 39.5 Å². The van der Waals surface area contributed by atoms with Crippen molar-refractivity contribution >= 4 is 0 Å². The molecule has 1 saturated carbocycles. The maximum atomic E-state index is 5.17. The van der Waals surface area contributed by atoms with Gasteiger partial charge in [0.1, 0.15) is 0 Å². The predicted molar refractivity (Wildman–Crippen MR) is 46.2 cm³/mol. The van der Waals surface area contributed by atoms with Crippen LogP contribution < -0.4 is 5.48 Å². The van der Waals surface area contributed by atoms with E-state index in [1.807, 2.05) is 6.92 Å². The number of hydroxylamine groups is 1. The Labute approximate surface area is 69.3 Å². The highest BCUT2D eigenvalue weighted by Crippen LogP contribution is 2.23. The molecule has 0 heterocycles. The molecule has 11 heavy (non-hydrogen) atoms. The highest BCUT2D eigenvalue weighted by atomic mass is 16.6. The van der Waals surface area contributed by atoms with Crippen molar-refractivity contribution in [2.24, 2.45) is 5.92 Å². The maximum Gasteiger partial charge on any atom is 0.0654 e. The molecule has 2 atom stereocenters. The molecule has 0 bridgehead atoms. The Morgan fingerprint density at radius 2 is 2.27 bits per heavy atom. The zero-order valence-corrected chi connectivity index (χ0v) is 7.60. The number of hydrogen-bond donors (Lipinski definition) is 1. The first-order valence-corrected chi connectivity index (χ1v) is 4.70. The monoisotopic (exact) mass is 157 g/mol. The van der Waals surface area contributed by atoms with Gasteiger partial charge in [-0.2, -0.15) is 5.48 Å². The van der Waals surface area contributed by atoms with E-state index in [-0.39, 0.29) is 0 Å². The Hall–Kier alpha value is -0.0800. The van der Waals surface area contributed by atoms with Gasteiger partial charge < -0.3 is 4.84 Å². The lowest BCUT2D eigenvalue weighted by Crippen LogP contribution is -2.33. The van der Waals surface area contributed by atoms with E-state index >= 15 is 0 Å². The maximum absolute atomic E-state index is 5.17. The van der Waals surface area contributed by atoms with Gasteiger partial charge in [-0.3, -0.25) is 0 Å². The highest BCUT2D eigenvalue weighted by Gasteiger charge is 2.17. The molecule has 2 nitrogen and oxygen atoms in total. The third-order valence-corrected chi connectivity index (χ3v) is 2.33. The smallest absolute Gasteiger partial charge is 0.0654 e. The Morgan fingerprint density at radius 1 is 1.45 bits per heavy atom. The summed E-state index contributed by atoms with van der Waals surface area (Å²) in [6.45, 7) is 5.10. The average Bonchev–Trinajstić information content (AvgIpc) is 2.01. The standard InChI is InChI=1S/C9H19NO/c1-3-11-10-9-6-4-5-8(2)7-9/h8-10H,3-7H2,1-2H3. The molecule has 1 fully saturated rings. The van der Waals surface area contributed by atoms with Crippen LogP contribution >= 0.6 is 0 Å². The molecule has 0 aromatic heterocycles. The van der Waals surface area contributed by atoms with Crippen LogP contribution in [-0.2, 0) is 4.84 Å². The fourth-order valence-corrected chi connectivity index (χ4v) is 1.74. The second kappa shape index (κ2) is 4.73. The van der Waals surface area contributed by atoms with E-state index in [2.05, 4.69) is 12.4 Å². The lowest BCUT2D eigenvalue weighted by Gasteiger charge is -2.26. The fourth-order valence-electron chi connectivity index (χ4n) is 1.74. The van der Waals surface area contributed by atoms with Gasteiger partial charge in [0.05, 0.1) is 6.61 Å². The first-order chi connectivity index (χ1) is 5.33. The van der Waals surface area contributed by atoms with Crippen molar-refractivity contribution in [3.8, 4) is 0 Å². The minimum atomic E-state index is 0.610. The summed E-state index contributed by atoms with van der Waals surface area (Å²) in [6, 6.07) is 0.610. The molecule has 0 aromatic rings. The predicted octanol–water partition coefficient (Wildman–Crippen LogP) is 2.11. The molecule has 0 radical (unpaired) electrons. The van der Waals surface area contributed by atoms with Crippen LogP contribution in [0.4, 0.5) is 0 Å². The summed E-state index contributed by atoms with van der Waals surface area (Å²) in [7, 11) is 0. The molecule has 0 saturated heterocycles. The Kier molecular flexibility index (Phi) is 3.87. The van der Waals surface area contributed by atoms with Gasteiger partial charge in [0, 0.05) is 6.04 Å². The normalized spacial score (nSPS) is 32.2. The van der Waals surface area contributed by atoms with Gasteiger partial charge in [0.2, 0.25) is 0 Å². The summed E-state index contributed by atoms with van der Waals surface area (Å²) in [6.07, 6.45) is 5.31. The van der Waals surface area contributed by atoms with Crippen LogP contribution in [0, 0.1) is 5.92 Å². The topological polar surface area (TPSA) is 21.3 Å². The van der Waals surface area contributed by atoms with Crippen molar-refractivity contribution in [3.63, 3.8) is 0 Å².